The number of hydrogen-bond acceptors (Lipinski definition) is 7. The van der Waals surface area contributed by atoms with Crippen molar-refractivity contribution in [2.75, 3.05) is 58.4 Å². The molecule has 32 heavy (non-hydrogen) atoms. The predicted molar refractivity (Wildman–Crippen MR) is 119 cm³/mol. The average Bonchev–Trinajstić information content (AvgIpc) is 2.81. The highest BCUT2D eigenvalue weighted by Crippen LogP contribution is 2.22. The largest absolute Gasteiger partial charge is 0.497 e. The van der Waals surface area contributed by atoms with Gasteiger partial charge in [0.2, 0.25) is 5.91 Å². The molecule has 2 saturated heterocycles. The molecule has 3 atom stereocenters. The zero-order chi connectivity index (χ0) is 22.8. The minimum absolute atomic E-state index is 0.00355. The first-order valence-electron chi connectivity index (χ1n) is 11.1. The molecule has 3 rings (SSSR count). The fourth-order valence-electron chi connectivity index (χ4n) is 3.91. The van der Waals surface area contributed by atoms with Gasteiger partial charge in [-0.2, -0.15) is 0 Å². The molecule has 2 aliphatic heterocycles. The summed E-state index contributed by atoms with van der Waals surface area (Å²) in [4.78, 5) is 26.5. The molecule has 2 fully saturated rings. The number of aliphatic hydroxyl groups is 1. The van der Waals surface area contributed by atoms with E-state index in [1.54, 1.807) is 31.4 Å². The van der Waals surface area contributed by atoms with E-state index in [-0.39, 0.29) is 30.7 Å². The van der Waals surface area contributed by atoms with Crippen LogP contribution in [0, 0.1) is 0 Å². The minimum Gasteiger partial charge on any atom is -0.497 e. The Bertz CT molecular complexity index is 726. The molecule has 0 bridgehead atoms. The molecule has 0 saturated carbocycles. The van der Waals surface area contributed by atoms with Gasteiger partial charge in [0.15, 0.2) is 0 Å². The molecule has 10 heteroatoms. The summed E-state index contributed by atoms with van der Waals surface area (Å²) in [7, 11) is 1.58. The number of urea groups is 1. The van der Waals surface area contributed by atoms with Gasteiger partial charge >= 0.3 is 6.03 Å². The summed E-state index contributed by atoms with van der Waals surface area (Å²) in [6.07, 6.45) is 1.53. The van der Waals surface area contributed by atoms with E-state index in [0.29, 0.717) is 50.6 Å². The second-order valence-electron chi connectivity index (χ2n) is 8.02. The topological polar surface area (TPSA) is 121 Å². The number of benzene rings is 1. The molecule has 2 heterocycles. The van der Waals surface area contributed by atoms with Gasteiger partial charge in [-0.25, -0.2) is 4.79 Å². The molecule has 2 aliphatic rings. The summed E-state index contributed by atoms with van der Waals surface area (Å²) in [5.41, 5.74) is 0.645. The SMILES string of the molecule is COc1ccc(NC(=O)N[C@@H]2CC[C@@H](CCNC(=O)CN3CCOCC3)O[C@H]2CO)cc1. The Kier molecular flexibility index (Phi) is 9.54. The van der Waals surface area contributed by atoms with Crippen LogP contribution in [0.15, 0.2) is 24.3 Å². The molecule has 1 aromatic carbocycles. The third-order valence-electron chi connectivity index (χ3n) is 5.72. The Morgan fingerprint density at radius 2 is 1.94 bits per heavy atom. The molecule has 3 amide bonds. The van der Waals surface area contributed by atoms with Crippen LogP contribution in [0.3, 0.4) is 0 Å². The van der Waals surface area contributed by atoms with E-state index in [1.165, 1.54) is 0 Å². The monoisotopic (exact) mass is 450 g/mol. The summed E-state index contributed by atoms with van der Waals surface area (Å²) in [5, 5.41) is 18.3. The summed E-state index contributed by atoms with van der Waals surface area (Å²) < 4.78 is 16.4. The van der Waals surface area contributed by atoms with Gasteiger partial charge in [0.1, 0.15) is 11.9 Å². The molecule has 0 unspecified atom stereocenters. The fraction of sp³-hybridized carbons (Fsp3) is 0.636. The molecular formula is C22H34N4O6. The summed E-state index contributed by atoms with van der Waals surface area (Å²) in [6.45, 7) is 3.59. The molecule has 0 radical (unpaired) electrons. The smallest absolute Gasteiger partial charge is 0.319 e. The Morgan fingerprint density at radius 3 is 2.62 bits per heavy atom. The number of methoxy groups -OCH3 is 1. The van der Waals surface area contributed by atoms with Gasteiger partial charge in [-0.3, -0.25) is 9.69 Å². The maximum atomic E-state index is 12.3. The number of anilines is 1. The summed E-state index contributed by atoms with van der Waals surface area (Å²) in [5.74, 6) is 0.705. The van der Waals surface area contributed by atoms with Gasteiger partial charge in [-0.05, 0) is 43.5 Å². The first-order chi connectivity index (χ1) is 15.6. The van der Waals surface area contributed by atoms with Gasteiger partial charge < -0.3 is 35.3 Å². The van der Waals surface area contributed by atoms with Crippen molar-refractivity contribution in [1.82, 2.24) is 15.5 Å². The third kappa shape index (κ3) is 7.63. The number of ether oxygens (including phenoxy) is 3. The highest BCUT2D eigenvalue weighted by molar-refractivity contribution is 5.89. The first kappa shape index (κ1) is 24.2. The normalized spacial score (nSPS) is 23.9. The number of aliphatic hydroxyl groups excluding tert-OH is 1. The van der Waals surface area contributed by atoms with Crippen LogP contribution >= 0.6 is 0 Å². The second-order valence-corrected chi connectivity index (χ2v) is 8.02. The van der Waals surface area contributed by atoms with Crippen LogP contribution < -0.4 is 20.7 Å². The lowest BCUT2D eigenvalue weighted by molar-refractivity contribution is -0.123. The lowest BCUT2D eigenvalue weighted by Gasteiger charge is -2.36. The number of nitrogens with zero attached hydrogens (tertiary/aromatic N) is 1. The van der Waals surface area contributed by atoms with Crippen molar-refractivity contribution < 1.29 is 28.9 Å². The Morgan fingerprint density at radius 1 is 1.19 bits per heavy atom. The van der Waals surface area contributed by atoms with Crippen molar-refractivity contribution in [2.24, 2.45) is 0 Å². The quantitative estimate of drug-likeness (QED) is 0.434. The highest BCUT2D eigenvalue weighted by atomic mass is 16.5. The van der Waals surface area contributed by atoms with Gasteiger partial charge in [0.25, 0.3) is 0 Å². The molecule has 0 aliphatic carbocycles. The standard InChI is InChI=1S/C22H34N4O6/c1-30-17-4-2-16(3-5-17)24-22(29)25-19-7-6-18(32-20(19)15-27)8-9-23-21(28)14-26-10-12-31-13-11-26/h2-5,18-20,27H,6-15H2,1H3,(H,23,28)(H2,24,25,29)/t18-,19+,20-/m0/s1. The summed E-state index contributed by atoms with van der Waals surface area (Å²) >= 11 is 0. The molecule has 1 aromatic rings. The highest BCUT2D eigenvalue weighted by Gasteiger charge is 2.31. The maximum absolute atomic E-state index is 12.3. The van der Waals surface area contributed by atoms with E-state index in [0.717, 1.165) is 19.5 Å². The average molecular weight is 451 g/mol. The van der Waals surface area contributed by atoms with Crippen LogP contribution in [-0.2, 0) is 14.3 Å². The molecule has 0 aromatic heterocycles. The van der Waals surface area contributed by atoms with E-state index in [1.807, 2.05) is 0 Å². The van der Waals surface area contributed by atoms with E-state index < -0.39 is 6.10 Å². The van der Waals surface area contributed by atoms with E-state index >= 15 is 0 Å². The maximum Gasteiger partial charge on any atom is 0.319 e. The van der Waals surface area contributed by atoms with Crippen molar-refractivity contribution in [3.8, 4) is 5.75 Å². The zero-order valence-corrected chi connectivity index (χ0v) is 18.5. The van der Waals surface area contributed by atoms with Crippen molar-refractivity contribution in [2.45, 2.75) is 37.5 Å². The van der Waals surface area contributed by atoms with Crippen molar-refractivity contribution >= 4 is 17.6 Å². The van der Waals surface area contributed by atoms with Crippen LogP contribution in [0.4, 0.5) is 10.5 Å². The number of amides is 3. The second kappa shape index (κ2) is 12.6. The molecule has 0 spiro atoms. The third-order valence-corrected chi connectivity index (χ3v) is 5.72. The Hall–Kier alpha value is -2.40. The van der Waals surface area contributed by atoms with Crippen molar-refractivity contribution in [1.29, 1.82) is 0 Å². The number of rotatable bonds is 9. The van der Waals surface area contributed by atoms with Gasteiger partial charge in [-0.15, -0.1) is 0 Å². The van der Waals surface area contributed by atoms with Gasteiger partial charge in [0, 0.05) is 25.3 Å². The Balaban J connectivity index is 1.36. The van der Waals surface area contributed by atoms with Crippen molar-refractivity contribution in [3.63, 3.8) is 0 Å². The number of nitrogens with one attached hydrogen (secondary N) is 3. The van der Waals surface area contributed by atoms with Gasteiger partial charge in [-0.1, -0.05) is 0 Å². The van der Waals surface area contributed by atoms with E-state index in [2.05, 4.69) is 20.9 Å². The van der Waals surface area contributed by atoms with Crippen LogP contribution in [0.2, 0.25) is 0 Å². The lowest BCUT2D eigenvalue weighted by atomic mass is 9.97. The van der Waals surface area contributed by atoms with E-state index in [4.69, 9.17) is 14.2 Å². The zero-order valence-electron chi connectivity index (χ0n) is 18.5. The Labute approximate surface area is 188 Å². The fourth-order valence-corrected chi connectivity index (χ4v) is 3.91. The van der Waals surface area contributed by atoms with Gasteiger partial charge in [0.05, 0.1) is 45.6 Å². The summed E-state index contributed by atoms with van der Waals surface area (Å²) in [6, 6.07) is 6.40. The van der Waals surface area contributed by atoms with Crippen LogP contribution in [0.25, 0.3) is 0 Å². The molecule has 10 nitrogen and oxygen atoms in total. The first-order valence-corrected chi connectivity index (χ1v) is 11.1. The lowest BCUT2D eigenvalue weighted by Crippen LogP contribution is -2.52. The van der Waals surface area contributed by atoms with E-state index in [9.17, 15) is 14.7 Å². The predicted octanol–water partition coefficient (Wildman–Crippen LogP) is 0.564. The molecule has 178 valence electrons. The van der Waals surface area contributed by atoms with Crippen molar-refractivity contribution in [3.05, 3.63) is 24.3 Å². The van der Waals surface area contributed by atoms with Crippen LogP contribution in [-0.4, -0.2) is 93.3 Å². The number of carbonyl (C=O) groups excluding carboxylic acids is 2. The van der Waals surface area contributed by atoms with Crippen LogP contribution in [0.1, 0.15) is 19.3 Å². The van der Waals surface area contributed by atoms with Crippen LogP contribution in [0.5, 0.6) is 5.75 Å². The number of morpholine rings is 1. The molecular weight excluding hydrogens is 416 g/mol. The number of hydrogen-bond donors (Lipinski definition) is 4. The number of carbonyl (C=O) groups is 2. The minimum atomic E-state index is -0.487. The molecule has 4 N–H and O–H groups in total.